The summed E-state index contributed by atoms with van der Waals surface area (Å²) in [5.74, 6) is 0.381. The first-order valence-corrected chi connectivity index (χ1v) is 10.4. The highest BCUT2D eigenvalue weighted by Crippen LogP contribution is 2.15. The topological polar surface area (TPSA) is 38.8 Å². The quantitative estimate of drug-likeness (QED) is 0.859. The normalized spacial score (nSPS) is 22.4. The first-order chi connectivity index (χ1) is 13.1. The number of urea groups is 1. The molecule has 2 aliphatic heterocycles. The van der Waals surface area contributed by atoms with E-state index in [2.05, 4.69) is 22.0 Å². The lowest BCUT2D eigenvalue weighted by molar-refractivity contribution is 0.170. The van der Waals surface area contributed by atoms with Crippen LogP contribution in [0.3, 0.4) is 0 Å². The summed E-state index contributed by atoms with van der Waals surface area (Å²) >= 11 is 0. The predicted octanol–water partition coefficient (Wildman–Crippen LogP) is 2.77. The highest BCUT2D eigenvalue weighted by atomic mass is 19.1. The molecule has 6 heteroatoms. The SMILES string of the molecule is CCN1CCC[C@H](CNC(=O)N2CCCN(Cc3cccc(F)c3)CC2)C1. The van der Waals surface area contributed by atoms with Gasteiger partial charge in [0, 0.05) is 45.8 Å². The van der Waals surface area contributed by atoms with E-state index in [4.69, 9.17) is 0 Å². The average molecular weight is 377 g/mol. The predicted molar refractivity (Wildman–Crippen MR) is 106 cm³/mol. The van der Waals surface area contributed by atoms with Crippen molar-refractivity contribution in [3.63, 3.8) is 0 Å². The molecule has 0 unspecified atom stereocenters. The second-order valence-electron chi connectivity index (χ2n) is 7.83. The molecule has 0 saturated carbocycles. The van der Waals surface area contributed by atoms with Crippen molar-refractivity contribution in [3.8, 4) is 0 Å². The summed E-state index contributed by atoms with van der Waals surface area (Å²) in [5.41, 5.74) is 0.991. The Balaban J connectivity index is 1.42. The zero-order valence-corrected chi connectivity index (χ0v) is 16.5. The maximum Gasteiger partial charge on any atom is 0.317 e. The van der Waals surface area contributed by atoms with E-state index in [1.54, 1.807) is 12.1 Å². The standard InChI is InChI=1S/C21H33FN4O/c1-2-24-9-4-7-19(17-24)15-23-21(27)26-11-5-10-25(12-13-26)16-18-6-3-8-20(22)14-18/h3,6,8,14,19H,2,4-5,7,9-13,15-17H2,1H3,(H,23,27)/t19-/m1/s1. The van der Waals surface area contributed by atoms with Gasteiger partial charge in [0.1, 0.15) is 5.82 Å². The fourth-order valence-electron chi connectivity index (χ4n) is 4.17. The fraction of sp³-hybridized carbons (Fsp3) is 0.667. The second-order valence-corrected chi connectivity index (χ2v) is 7.83. The van der Waals surface area contributed by atoms with Crippen LogP contribution in [0.25, 0.3) is 0 Å². The van der Waals surface area contributed by atoms with Crippen LogP contribution >= 0.6 is 0 Å². The van der Waals surface area contributed by atoms with Crippen LogP contribution in [0.4, 0.5) is 9.18 Å². The number of amides is 2. The van der Waals surface area contributed by atoms with Gasteiger partial charge in [0.2, 0.25) is 0 Å². The number of likely N-dealkylation sites (tertiary alicyclic amines) is 1. The van der Waals surface area contributed by atoms with Gasteiger partial charge in [-0.2, -0.15) is 0 Å². The van der Waals surface area contributed by atoms with Gasteiger partial charge in [0.05, 0.1) is 0 Å². The van der Waals surface area contributed by atoms with Crippen molar-refractivity contribution in [1.82, 2.24) is 20.0 Å². The van der Waals surface area contributed by atoms with Crippen LogP contribution in [0.15, 0.2) is 24.3 Å². The Bertz CT molecular complexity index is 612. The van der Waals surface area contributed by atoms with E-state index in [1.165, 1.54) is 25.5 Å². The molecule has 5 nitrogen and oxygen atoms in total. The summed E-state index contributed by atoms with van der Waals surface area (Å²) in [6, 6.07) is 6.86. The highest BCUT2D eigenvalue weighted by Gasteiger charge is 2.22. The van der Waals surface area contributed by atoms with Crippen LogP contribution in [0.1, 0.15) is 31.7 Å². The van der Waals surface area contributed by atoms with Crippen LogP contribution in [0, 0.1) is 11.7 Å². The Morgan fingerprint density at radius 1 is 1.15 bits per heavy atom. The Morgan fingerprint density at radius 2 is 2.00 bits per heavy atom. The summed E-state index contributed by atoms with van der Waals surface area (Å²) in [6.07, 6.45) is 3.39. The Labute approximate surface area is 162 Å². The summed E-state index contributed by atoms with van der Waals surface area (Å²) in [5, 5.41) is 3.16. The smallest absolute Gasteiger partial charge is 0.317 e. The number of carbonyl (C=O) groups is 1. The van der Waals surface area contributed by atoms with E-state index in [0.717, 1.165) is 64.3 Å². The molecule has 150 valence electrons. The van der Waals surface area contributed by atoms with Crippen molar-refractivity contribution in [1.29, 1.82) is 0 Å². The van der Waals surface area contributed by atoms with Crippen molar-refractivity contribution in [2.75, 3.05) is 52.4 Å². The molecule has 2 aliphatic rings. The lowest BCUT2D eigenvalue weighted by Gasteiger charge is -2.32. The first-order valence-electron chi connectivity index (χ1n) is 10.4. The van der Waals surface area contributed by atoms with Crippen LogP contribution < -0.4 is 5.32 Å². The van der Waals surface area contributed by atoms with Gasteiger partial charge in [0.25, 0.3) is 0 Å². The minimum atomic E-state index is -0.187. The Morgan fingerprint density at radius 3 is 2.81 bits per heavy atom. The first kappa shape index (κ1) is 20.1. The number of carbonyl (C=O) groups excluding carboxylic acids is 1. The fourth-order valence-corrected chi connectivity index (χ4v) is 4.17. The lowest BCUT2D eigenvalue weighted by Crippen LogP contribution is -2.46. The third-order valence-electron chi connectivity index (χ3n) is 5.76. The van der Waals surface area contributed by atoms with Gasteiger partial charge in [-0.15, -0.1) is 0 Å². The number of benzene rings is 1. The second kappa shape index (κ2) is 10.0. The number of nitrogens with zero attached hydrogens (tertiary/aromatic N) is 3. The van der Waals surface area contributed by atoms with Crippen LogP contribution in [-0.2, 0) is 6.54 Å². The molecule has 0 bridgehead atoms. The van der Waals surface area contributed by atoms with Crippen LogP contribution in [0.2, 0.25) is 0 Å². The number of rotatable bonds is 5. The number of hydrogen-bond acceptors (Lipinski definition) is 3. The molecule has 1 N–H and O–H groups in total. The molecule has 27 heavy (non-hydrogen) atoms. The van der Waals surface area contributed by atoms with Gasteiger partial charge in [-0.05, 0) is 56.0 Å². The molecule has 0 radical (unpaired) electrons. The van der Waals surface area contributed by atoms with Crippen LogP contribution in [0.5, 0.6) is 0 Å². The third-order valence-corrected chi connectivity index (χ3v) is 5.76. The minimum absolute atomic E-state index is 0.0660. The summed E-state index contributed by atoms with van der Waals surface area (Å²) in [4.78, 5) is 19.3. The van der Waals surface area contributed by atoms with E-state index in [-0.39, 0.29) is 11.8 Å². The Hall–Kier alpha value is -1.66. The summed E-state index contributed by atoms with van der Waals surface area (Å²) < 4.78 is 13.4. The lowest BCUT2D eigenvalue weighted by atomic mass is 9.98. The third kappa shape index (κ3) is 6.18. The van der Waals surface area contributed by atoms with Crippen molar-refractivity contribution >= 4 is 6.03 Å². The van der Waals surface area contributed by atoms with Gasteiger partial charge < -0.3 is 15.1 Å². The van der Waals surface area contributed by atoms with Gasteiger partial charge in [-0.3, -0.25) is 4.90 Å². The molecule has 0 aliphatic carbocycles. The summed E-state index contributed by atoms with van der Waals surface area (Å²) in [6.45, 7) is 10.4. The largest absolute Gasteiger partial charge is 0.338 e. The number of nitrogens with one attached hydrogen (secondary N) is 1. The molecule has 1 atom stereocenters. The Kier molecular flexibility index (Phi) is 7.47. The van der Waals surface area contributed by atoms with E-state index < -0.39 is 0 Å². The summed E-state index contributed by atoms with van der Waals surface area (Å²) in [7, 11) is 0. The van der Waals surface area contributed by atoms with Crippen molar-refractivity contribution in [3.05, 3.63) is 35.6 Å². The van der Waals surface area contributed by atoms with Crippen molar-refractivity contribution in [2.24, 2.45) is 5.92 Å². The molecule has 1 aromatic carbocycles. The molecule has 2 heterocycles. The van der Waals surface area contributed by atoms with Crippen LogP contribution in [-0.4, -0.2) is 73.1 Å². The molecule has 2 saturated heterocycles. The van der Waals surface area contributed by atoms with E-state index in [0.29, 0.717) is 5.92 Å². The zero-order valence-electron chi connectivity index (χ0n) is 16.5. The molecule has 1 aromatic rings. The molecule has 2 amide bonds. The average Bonchev–Trinajstić information content (AvgIpc) is 2.92. The maximum atomic E-state index is 13.4. The number of halogens is 1. The van der Waals surface area contributed by atoms with Gasteiger partial charge in [-0.25, -0.2) is 9.18 Å². The minimum Gasteiger partial charge on any atom is -0.338 e. The van der Waals surface area contributed by atoms with Gasteiger partial charge >= 0.3 is 6.03 Å². The van der Waals surface area contributed by atoms with Crippen molar-refractivity contribution in [2.45, 2.75) is 32.7 Å². The maximum absolute atomic E-state index is 13.4. The molecular weight excluding hydrogens is 343 g/mol. The van der Waals surface area contributed by atoms with Crippen molar-refractivity contribution < 1.29 is 9.18 Å². The number of hydrogen-bond donors (Lipinski definition) is 1. The molecule has 0 spiro atoms. The highest BCUT2D eigenvalue weighted by molar-refractivity contribution is 5.74. The van der Waals surface area contributed by atoms with E-state index >= 15 is 0 Å². The van der Waals surface area contributed by atoms with Gasteiger partial charge in [-0.1, -0.05) is 19.1 Å². The monoisotopic (exact) mass is 376 g/mol. The molecule has 3 rings (SSSR count). The molecule has 0 aromatic heterocycles. The van der Waals surface area contributed by atoms with Gasteiger partial charge in [0.15, 0.2) is 0 Å². The molecular formula is C21H33FN4O. The van der Waals surface area contributed by atoms with E-state index in [9.17, 15) is 9.18 Å². The molecule has 2 fully saturated rings. The number of piperidine rings is 1. The zero-order chi connectivity index (χ0) is 19.1. The van der Waals surface area contributed by atoms with E-state index in [1.807, 2.05) is 11.0 Å².